The Morgan fingerprint density at radius 3 is 2.55 bits per heavy atom. The standard InChI is InChI=1S/C23H26N4O2/c1-29-21-7-3-2-6-19(21)16-25-23(28)18-10-14-27(15-11-18)22-9-8-20(17-24-22)26-12-4-5-13-26/h2-9,12-13,17-18H,10-11,14-16H2,1H3,(H,25,28). The Hall–Kier alpha value is -3.28. The lowest BCUT2D eigenvalue weighted by molar-refractivity contribution is -0.125. The maximum atomic E-state index is 12.6. The van der Waals surface area contributed by atoms with E-state index in [9.17, 15) is 4.79 Å². The number of para-hydroxylation sites is 1. The van der Waals surface area contributed by atoms with Gasteiger partial charge in [-0.05, 0) is 43.2 Å². The zero-order valence-electron chi connectivity index (χ0n) is 16.6. The van der Waals surface area contributed by atoms with Gasteiger partial charge in [0.05, 0.1) is 19.0 Å². The summed E-state index contributed by atoms with van der Waals surface area (Å²) in [6.45, 7) is 2.16. The van der Waals surface area contributed by atoms with Gasteiger partial charge in [-0.2, -0.15) is 0 Å². The molecule has 1 saturated heterocycles. The number of pyridine rings is 1. The van der Waals surface area contributed by atoms with Crippen molar-refractivity contribution in [1.29, 1.82) is 0 Å². The third kappa shape index (κ3) is 4.42. The molecule has 1 N–H and O–H groups in total. The first-order valence-electron chi connectivity index (χ1n) is 9.98. The van der Waals surface area contributed by atoms with Crippen molar-refractivity contribution in [2.45, 2.75) is 19.4 Å². The Kier molecular flexibility index (Phi) is 5.79. The Bertz CT molecular complexity index is 930. The summed E-state index contributed by atoms with van der Waals surface area (Å²) in [4.78, 5) is 19.5. The van der Waals surface area contributed by atoms with Crippen molar-refractivity contribution >= 4 is 11.7 Å². The molecule has 6 nitrogen and oxygen atoms in total. The SMILES string of the molecule is COc1ccccc1CNC(=O)C1CCN(c2ccc(-n3cccc3)cn2)CC1. The Morgan fingerprint density at radius 2 is 1.86 bits per heavy atom. The van der Waals surface area contributed by atoms with Crippen molar-refractivity contribution in [3.8, 4) is 11.4 Å². The minimum atomic E-state index is 0.0418. The Labute approximate surface area is 171 Å². The van der Waals surface area contributed by atoms with E-state index in [2.05, 4.69) is 27.3 Å². The maximum absolute atomic E-state index is 12.6. The molecule has 0 atom stereocenters. The van der Waals surface area contributed by atoms with Gasteiger partial charge in [0.15, 0.2) is 0 Å². The van der Waals surface area contributed by atoms with Crippen LogP contribution in [0.25, 0.3) is 5.69 Å². The summed E-state index contributed by atoms with van der Waals surface area (Å²) < 4.78 is 7.39. The van der Waals surface area contributed by atoms with E-state index in [1.807, 2.05) is 59.6 Å². The van der Waals surface area contributed by atoms with Crippen molar-refractivity contribution in [1.82, 2.24) is 14.9 Å². The fraction of sp³-hybridized carbons (Fsp3) is 0.304. The second kappa shape index (κ2) is 8.82. The molecule has 1 amide bonds. The number of carbonyl (C=O) groups is 1. The van der Waals surface area contributed by atoms with Gasteiger partial charge in [-0.3, -0.25) is 4.79 Å². The van der Waals surface area contributed by atoms with Crippen LogP contribution in [0.4, 0.5) is 5.82 Å². The molecule has 6 heteroatoms. The number of anilines is 1. The lowest BCUT2D eigenvalue weighted by Crippen LogP contribution is -2.40. The van der Waals surface area contributed by atoms with Crippen LogP contribution in [0, 0.1) is 5.92 Å². The highest BCUT2D eigenvalue weighted by Crippen LogP contribution is 2.23. The first-order chi connectivity index (χ1) is 14.2. The number of ether oxygens (including phenoxy) is 1. The van der Waals surface area contributed by atoms with Gasteiger partial charge in [0, 0.05) is 43.5 Å². The number of rotatable bonds is 6. The molecule has 0 spiro atoms. The van der Waals surface area contributed by atoms with E-state index in [0.29, 0.717) is 6.54 Å². The van der Waals surface area contributed by atoms with Gasteiger partial charge in [0.2, 0.25) is 5.91 Å². The van der Waals surface area contributed by atoms with E-state index in [1.165, 1.54) is 0 Å². The summed E-state index contributed by atoms with van der Waals surface area (Å²) in [5.41, 5.74) is 2.04. The fourth-order valence-electron chi connectivity index (χ4n) is 3.77. The van der Waals surface area contributed by atoms with Gasteiger partial charge < -0.3 is 19.5 Å². The minimum Gasteiger partial charge on any atom is -0.496 e. The molecular formula is C23H26N4O2. The van der Waals surface area contributed by atoms with Gasteiger partial charge in [-0.1, -0.05) is 18.2 Å². The molecule has 1 aromatic carbocycles. The number of benzene rings is 1. The fourth-order valence-corrected chi connectivity index (χ4v) is 3.77. The lowest BCUT2D eigenvalue weighted by Gasteiger charge is -2.32. The molecule has 3 heterocycles. The Balaban J connectivity index is 1.29. The highest BCUT2D eigenvalue weighted by atomic mass is 16.5. The summed E-state index contributed by atoms with van der Waals surface area (Å²) in [5, 5.41) is 3.07. The van der Waals surface area contributed by atoms with Crippen LogP contribution in [0.3, 0.4) is 0 Å². The highest BCUT2D eigenvalue weighted by molar-refractivity contribution is 5.79. The molecule has 0 bridgehead atoms. The number of piperidine rings is 1. The number of hydrogen-bond donors (Lipinski definition) is 1. The van der Waals surface area contributed by atoms with E-state index in [4.69, 9.17) is 4.74 Å². The number of methoxy groups -OCH3 is 1. The summed E-state index contributed by atoms with van der Waals surface area (Å²) in [6, 6.07) is 15.9. The number of nitrogens with one attached hydrogen (secondary N) is 1. The molecule has 0 radical (unpaired) electrons. The second-order valence-corrected chi connectivity index (χ2v) is 7.26. The number of nitrogens with zero attached hydrogens (tertiary/aromatic N) is 3. The number of aromatic nitrogens is 2. The molecule has 150 valence electrons. The monoisotopic (exact) mass is 390 g/mol. The van der Waals surface area contributed by atoms with Crippen molar-refractivity contribution in [2.75, 3.05) is 25.1 Å². The highest BCUT2D eigenvalue weighted by Gasteiger charge is 2.25. The molecule has 0 saturated carbocycles. The van der Waals surface area contributed by atoms with E-state index < -0.39 is 0 Å². The van der Waals surface area contributed by atoms with Crippen molar-refractivity contribution in [3.05, 3.63) is 72.7 Å². The molecule has 0 unspecified atom stereocenters. The van der Waals surface area contributed by atoms with E-state index in [-0.39, 0.29) is 11.8 Å². The predicted molar refractivity (Wildman–Crippen MR) is 113 cm³/mol. The van der Waals surface area contributed by atoms with E-state index in [1.54, 1.807) is 7.11 Å². The van der Waals surface area contributed by atoms with Crippen LogP contribution >= 0.6 is 0 Å². The summed E-state index contributed by atoms with van der Waals surface area (Å²) >= 11 is 0. The molecule has 29 heavy (non-hydrogen) atoms. The van der Waals surface area contributed by atoms with E-state index >= 15 is 0 Å². The summed E-state index contributed by atoms with van der Waals surface area (Å²) in [6.07, 6.45) is 7.57. The largest absolute Gasteiger partial charge is 0.496 e. The van der Waals surface area contributed by atoms with Gasteiger partial charge in [-0.15, -0.1) is 0 Å². The molecule has 1 fully saturated rings. The van der Waals surface area contributed by atoms with Crippen LogP contribution < -0.4 is 15.0 Å². The third-order valence-corrected chi connectivity index (χ3v) is 5.47. The minimum absolute atomic E-state index is 0.0418. The van der Waals surface area contributed by atoms with Crippen LogP contribution in [0.15, 0.2) is 67.1 Å². The number of amides is 1. The average molecular weight is 390 g/mol. The molecule has 4 rings (SSSR count). The smallest absolute Gasteiger partial charge is 0.223 e. The molecule has 0 aliphatic carbocycles. The molecule has 1 aliphatic rings. The first-order valence-corrected chi connectivity index (χ1v) is 9.98. The number of hydrogen-bond acceptors (Lipinski definition) is 4. The molecule has 2 aromatic heterocycles. The molecule has 3 aromatic rings. The molecule has 1 aliphatic heterocycles. The third-order valence-electron chi connectivity index (χ3n) is 5.47. The quantitative estimate of drug-likeness (QED) is 0.701. The molecular weight excluding hydrogens is 364 g/mol. The maximum Gasteiger partial charge on any atom is 0.223 e. The van der Waals surface area contributed by atoms with Gasteiger partial charge in [-0.25, -0.2) is 4.98 Å². The lowest BCUT2D eigenvalue weighted by atomic mass is 9.95. The zero-order chi connectivity index (χ0) is 20.1. The van der Waals surface area contributed by atoms with Crippen molar-refractivity contribution < 1.29 is 9.53 Å². The topological polar surface area (TPSA) is 59.4 Å². The van der Waals surface area contributed by atoms with Crippen LogP contribution in [-0.4, -0.2) is 35.7 Å². The van der Waals surface area contributed by atoms with E-state index in [0.717, 1.165) is 48.7 Å². The second-order valence-electron chi connectivity index (χ2n) is 7.26. The van der Waals surface area contributed by atoms with Crippen LogP contribution in [0.1, 0.15) is 18.4 Å². The van der Waals surface area contributed by atoms with Gasteiger partial charge >= 0.3 is 0 Å². The van der Waals surface area contributed by atoms with Gasteiger partial charge in [0.1, 0.15) is 11.6 Å². The summed E-state index contributed by atoms with van der Waals surface area (Å²) in [7, 11) is 1.65. The normalized spacial score (nSPS) is 14.6. The van der Waals surface area contributed by atoms with Crippen LogP contribution in [0.5, 0.6) is 5.75 Å². The van der Waals surface area contributed by atoms with Crippen LogP contribution in [0.2, 0.25) is 0 Å². The van der Waals surface area contributed by atoms with Crippen molar-refractivity contribution in [2.24, 2.45) is 5.92 Å². The van der Waals surface area contributed by atoms with Gasteiger partial charge in [0.25, 0.3) is 0 Å². The first kappa shape index (κ1) is 19.1. The zero-order valence-corrected chi connectivity index (χ0v) is 16.6. The number of carbonyl (C=O) groups excluding carboxylic acids is 1. The Morgan fingerprint density at radius 1 is 1.10 bits per heavy atom. The summed E-state index contributed by atoms with van der Waals surface area (Å²) in [5.74, 6) is 1.93. The predicted octanol–water partition coefficient (Wildman–Crippen LogP) is 3.41. The van der Waals surface area contributed by atoms with Crippen molar-refractivity contribution in [3.63, 3.8) is 0 Å². The average Bonchev–Trinajstić information content (AvgIpc) is 3.33. The van der Waals surface area contributed by atoms with Crippen LogP contribution in [-0.2, 0) is 11.3 Å².